The van der Waals surface area contributed by atoms with Crippen LogP contribution in [0.2, 0.25) is 0 Å². The summed E-state index contributed by atoms with van der Waals surface area (Å²) < 4.78 is 28.0. The fourth-order valence-electron chi connectivity index (χ4n) is 5.10. The number of alkyl halides is 2. The molecule has 2 aliphatic rings. The van der Waals surface area contributed by atoms with Crippen LogP contribution in [0, 0.1) is 11.8 Å². The van der Waals surface area contributed by atoms with Crippen molar-refractivity contribution < 1.29 is 18.4 Å². The Bertz CT molecular complexity index is 1210. The molecule has 6 heteroatoms. The second-order valence-corrected chi connectivity index (χ2v) is 9.66. The summed E-state index contributed by atoms with van der Waals surface area (Å²) in [4.78, 5) is 29.5. The molecule has 0 spiro atoms. The molecule has 176 valence electrons. The number of carbonyl (C=O) groups is 2. The van der Waals surface area contributed by atoms with Crippen LogP contribution in [-0.4, -0.2) is 35.6 Å². The molecule has 34 heavy (non-hydrogen) atoms. The summed E-state index contributed by atoms with van der Waals surface area (Å²) >= 11 is 0. The van der Waals surface area contributed by atoms with E-state index in [2.05, 4.69) is 10.3 Å². The lowest BCUT2D eigenvalue weighted by Crippen LogP contribution is -2.46. The maximum absolute atomic E-state index is 14.0. The number of Topliss-reactive ketones (excluding diaryl/α,β-unsaturated/α-hetero) is 2. The van der Waals surface area contributed by atoms with Gasteiger partial charge in [-0.25, -0.2) is 8.78 Å². The first kappa shape index (κ1) is 22.8. The standard InChI is InChI=1S/C28H28F2N2O2/c29-28(30)17-32-12-10-23(28)7-8-26(33)20-5-3-19(4-6-20)24-15-25(24)27(34)14-18-1-2-22-16-31-11-9-21(22)13-18/h1-6,9,11,13,16,23-25,32H,7-8,10,12,14-15,17H2/t23?,24-,25+/m0/s1. The van der Waals surface area contributed by atoms with Gasteiger partial charge in [0, 0.05) is 48.0 Å². The number of benzene rings is 2. The molecule has 1 saturated heterocycles. The van der Waals surface area contributed by atoms with Crippen LogP contribution in [0.25, 0.3) is 10.8 Å². The van der Waals surface area contributed by atoms with Gasteiger partial charge in [-0.1, -0.05) is 42.5 Å². The Morgan fingerprint density at radius 1 is 1.06 bits per heavy atom. The first-order valence-corrected chi connectivity index (χ1v) is 12.0. The molecule has 3 atom stereocenters. The van der Waals surface area contributed by atoms with Crippen molar-refractivity contribution in [1.29, 1.82) is 0 Å². The molecule has 1 saturated carbocycles. The van der Waals surface area contributed by atoms with Crippen LogP contribution < -0.4 is 5.32 Å². The smallest absolute Gasteiger partial charge is 0.263 e. The van der Waals surface area contributed by atoms with Crippen molar-refractivity contribution >= 4 is 22.3 Å². The lowest BCUT2D eigenvalue weighted by molar-refractivity contribution is -0.119. The molecule has 1 aromatic heterocycles. The van der Waals surface area contributed by atoms with Gasteiger partial charge in [0.2, 0.25) is 0 Å². The van der Waals surface area contributed by atoms with Gasteiger partial charge in [-0.2, -0.15) is 0 Å². The van der Waals surface area contributed by atoms with Gasteiger partial charge < -0.3 is 5.32 Å². The van der Waals surface area contributed by atoms with E-state index in [0.717, 1.165) is 28.3 Å². The lowest BCUT2D eigenvalue weighted by atomic mass is 9.88. The molecule has 1 aliphatic heterocycles. The van der Waals surface area contributed by atoms with Crippen molar-refractivity contribution in [2.24, 2.45) is 11.8 Å². The highest BCUT2D eigenvalue weighted by Gasteiger charge is 2.43. The normalized spacial score (nSPS) is 23.5. The number of hydrogen-bond donors (Lipinski definition) is 1. The number of hydrogen-bond acceptors (Lipinski definition) is 4. The third-order valence-electron chi connectivity index (χ3n) is 7.30. The Balaban J connectivity index is 1.15. The van der Waals surface area contributed by atoms with Crippen molar-refractivity contribution in [2.45, 2.75) is 43.9 Å². The van der Waals surface area contributed by atoms with E-state index in [0.29, 0.717) is 24.9 Å². The Hall–Kier alpha value is -2.99. The van der Waals surface area contributed by atoms with Gasteiger partial charge in [-0.15, -0.1) is 0 Å². The van der Waals surface area contributed by atoms with Crippen LogP contribution in [0.3, 0.4) is 0 Å². The maximum Gasteiger partial charge on any atom is 0.263 e. The molecule has 0 amide bonds. The Morgan fingerprint density at radius 2 is 1.88 bits per heavy atom. The molecule has 1 aliphatic carbocycles. The average Bonchev–Trinajstić information content (AvgIpc) is 3.64. The Kier molecular flexibility index (Phi) is 6.26. The van der Waals surface area contributed by atoms with Gasteiger partial charge in [0.1, 0.15) is 5.78 Å². The second kappa shape index (κ2) is 9.34. The zero-order chi connectivity index (χ0) is 23.7. The summed E-state index contributed by atoms with van der Waals surface area (Å²) in [6.45, 7) is 0.267. The first-order valence-electron chi connectivity index (χ1n) is 12.0. The number of aromatic nitrogens is 1. The molecule has 2 aromatic carbocycles. The highest BCUT2D eigenvalue weighted by atomic mass is 19.3. The number of carbonyl (C=O) groups excluding carboxylic acids is 2. The largest absolute Gasteiger partial charge is 0.311 e. The molecule has 2 heterocycles. The number of fused-ring (bicyclic) bond motifs is 1. The van der Waals surface area contributed by atoms with Crippen LogP contribution >= 0.6 is 0 Å². The van der Waals surface area contributed by atoms with E-state index in [4.69, 9.17) is 0 Å². The summed E-state index contributed by atoms with van der Waals surface area (Å²) in [5.41, 5.74) is 2.62. The summed E-state index contributed by atoms with van der Waals surface area (Å²) in [5.74, 6) is -3.15. The van der Waals surface area contributed by atoms with Crippen LogP contribution in [-0.2, 0) is 11.2 Å². The number of piperidine rings is 1. The van der Waals surface area contributed by atoms with Gasteiger partial charge in [0.05, 0.1) is 6.54 Å². The van der Waals surface area contributed by atoms with E-state index in [1.165, 1.54) is 0 Å². The van der Waals surface area contributed by atoms with Crippen LogP contribution in [0.5, 0.6) is 0 Å². The number of nitrogens with one attached hydrogen (secondary N) is 1. The zero-order valence-corrected chi connectivity index (χ0v) is 19.0. The summed E-state index contributed by atoms with van der Waals surface area (Å²) in [7, 11) is 0. The zero-order valence-electron chi connectivity index (χ0n) is 19.0. The summed E-state index contributed by atoms with van der Waals surface area (Å²) in [6.07, 6.45) is 5.54. The SMILES string of the molecule is O=C(CCC1CCNCC1(F)F)c1ccc([C@@H]2C[C@H]2C(=O)Cc2ccc3cnccc3c2)cc1. The van der Waals surface area contributed by atoms with Gasteiger partial charge >= 0.3 is 0 Å². The summed E-state index contributed by atoms with van der Waals surface area (Å²) in [5, 5.41) is 4.86. The van der Waals surface area contributed by atoms with Crippen molar-refractivity contribution in [1.82, 2.24) is 10.3 Å². The first-order chi connectivity index (χ1) is 16.4. The molecule has 3 aromatic rings. The number of halogens is 2. The van der Waals surface area contributed by atoms with Crippen molar-refractivity contribution in [2.75, 3.05) is 13.1 Å². The van der Waals surface area contributed by atoms with Gasteiger partial charge in [-0.05, 0) is 54.3 Å². The minimum absolute atomic E-state index is 0.0110. The molecule has 1 unspecified atom stereocenters. The molecular weight excluding hydrogens is 434 g/mol. The fourth-order valence-corrected chi connectivity index (χ4v) is 5.10. The molecule has 0 bridgehead atoms. The fraction of sp³-hybridized carbons (Fsp3) is 0.393. The second-order valence-electron chi connectivity index (χ2n) is 9.66. The van der Waals surface area contributed by atoms with E-state index in [-0.39, 0.29) is 42.8 Å². The molecule has 4 nitrogen and oxygen atoms in total. The molecule has 2 fully saturated rings. The minimum Gasteiger partial charge on any atom is -0.311 e. The number of ketones is 2. The highest BCUT2D eigenvalue weighted by molar-refractivity contribution is 5.96. The third kappa shape index (κ3) is 4.92. The predicted molar refractivity (Wildman–Crippen MR) is 127 cm³/mol. The maximum atomic E-state index is 14.0. The average molecular weight is 463 g/mol. The van der Waals surface area contributed by atoms with E-state index in [1.807, 2.05) is 42.6 Å². The Labute approximate surface area is 197 Å². The van der Waals surface area contributed by atoms with E-state index in [1.54, 1.807) is 18.3 Å². The minimum atomic E-state index is -2.75. The molecule has 5 rings (SSSR count). The third-order valence-corrected chi connectivity index (χ3v) is 7.30. The quantitative estimate of drug-likeness (QED) is 0.458. The topological polar surface area (TPSA) is 59.1 Å². The van der Waals surface area contributed by atoms with Gasteiger partial charge in [0.25, 0.3) is 5.92 Å². The van der Waals surface area contributed by atoms with Crippen molar-refractivity contribution in [3.05, 3.63) is 77.6 Å². The molecule has 0 radical (unpaired) electrons. The predicted octanol–water partition coefficient (Wildman–Crippen LogP) is 5.36. The van der Waals surface area contributed by atoms with Crippen molar-refractivity contribution in [3.8, 4) is 0 Å². The molecular formula is C28H28F2N2O2. The van der Waals surface area contributed by atoms with Gasteiger partial charge in [0.15, 0.2) is 5.78 Å². The van der Waals surface area contributed by atoms with E-state index < -0.39 is 11.8 Å². The monoisotopic (exact) mass is 462 g/mol. The number of nitrogens with zero attached hydrogens (tertiary/aromatic N) is 1. The van der Waals surface area contributed by atoms with Crippen molar-refractivity contribution in [3.63, 3.8) is 0 Å². The van der Waals surface area contributed by atoms with Gasteiger partial charge in [-0.3, -0.25) is 14.6 Å². The summed E-state index contributed by atoms with van der Waals surface area (Å²) in [6, 6.07) is 15.3. The van der Waals surface area contributed by atoms with Crippen LogP contribution in [0.4, 0.5) is 8.78 Å². The highest BCUT2D eigenvalue weighted by Crippen LogP contribution is 2.48. The number of rotatable bonds is 8. The number of pyridine rings is 1. The molecule has 1 N–H and O–H groups in total. The van der Waals surface area contributed by atoms with Crippen LogP contribution in [0.1, 0.15) is 53.1 Å². The van der Waals surface area contributed by atoms with E-state index in [9.17, 15) is 18.4 Å². The van der Waals surface area contributed by atoms with E-state index >= 15 is 0 Å². The lowest BCUT2D eigenvalue weighted by Gasteiger charge is -2.31. The Morgan fingerprint density at radius 3 is 2.68 bits per heavy atom. The van der Waals surface area contributed by atoms with Crippen LogP contribution in [0.15, 0.2) is 60.9 Å².